The van der Waals surface area contributed by atoms with E-state index in [1.165, 1.54) is 0 Å². The zero-order valence-corrected chi connectivity index (χ0v) is 12.8. The van der Waals surface area contributed by atoms with Crippen LogP contribution in [0.4, 0.5) is 0 Å². The molecule has 1 unspecified atom stereocenters. The summed E-state index contributed by atoms with van der Waals surface area (Å²) in [6.45, 7) is 3.49. The first kappa shape index (κ1) is 18.6. The van der Waals surface area contributed by atoms with Crippen molar-refractivity contribution in [2.24, 2.45) is 0 Å². The molecule has 0 fully saturated rings. The van der Waals surface area contributed by atoms with Crippen molar-refractivity contribution >= 4 is 10.1 Å². The van der Waals surface area contributed by atoms with Crippen molar-refractivity contribution in [3.8, 4) is 0 Å². The van der Waals surface area contributed by atoms with Crippen LogP contribution in [0.5, 0.6) is 0 Å². The van der Waals surface area contributed by atoms with Crippen molar-refractivity contribution in [3.05, 3.63) is 12.7 Å². The van der Waals surface area contributed by atoms with E-state index in [9.17, 15) is 13.0 Å². The summed E-state index contributed by atoms with van der Waals surface area (Å²) in [5.41, 5.74) is 0. The number of aliphatic hydroxyl groups is 1. The molecule has 0 rings (SSSR count). The van der Waals surface area contributed by atoms with E-state index >= 15 is 0 Å². The number of ether oxygens (including phenoxy) is 1. The number of aliphatic hydroxyl groups excluding tert-OH is 1. The normalized spacial score (nSPS) is 12.9. The fourth-order valence-corrected chi connectivity index (χ4v) is 1.50. The summed E-state index contributed by atoms with van der Waals surface area (Å²) < 4.78 is 36.1. The molecule has 1 N–H and O–H groups in total. The summed E-state index contributed by atoms with van der Waals surface area (Å²) in [6, 6.07) is 0. The second-order valence-corrected chi connectivity index (χ2v) is 4.31. The first-order valence-corrected chi connectivity index (χ1v) is 5.84. The molecule has 15 heavy (non-hydrogen) atoms. The zero-order chi connectivity index (χ0) is 11.0. The van der Waals surface area contributed by atoms with Crippen molar-refractivity contribution in [1.29, 1.82) is 0 Å². The maximum Gasteiger partial charge on any atom is 1.00 e. The average Bonchev–Trinajstić information content (AvgIpc) is 2.08. The van der Waals surface area contributed by atoms with Crippen LogP contribution >= 0.6 is 0 Å². The van der Waals surface area contributed by atoms with Gasteiger partial charge >= 0.3 is 51.4 Å². The Bertz CT molecular complexity index is 252. The van der Waals surface area contributed by atoms with E-state index < -0.39 is 15.9 Å². The maximum absolute atomic E-state index is 10.3. The minimum atomic E-state index is -4.19. The van der Waals surface area contributed by atoms with Crippen LogP contribution in [0, 0.1) is 0 Å². The first-order valence-electron chi connectivity index (χ1n) is 4.26. The number of hydrogen-bond donors (Lipinski definition) is 1. The fraction of sp³-hybridized carbons (Fsp3) is 0.750. The number of hydrogen-bond acceptors (Lipinski definition) is 5. The first-order chi connectivity index (χ1) is 6.49. The smallest absolute Gasteiger partial charge is 0.748 e. The molecule has 0 aromatic carbocycles. The van der Waals surface area contributed by atoms with Crippen molar-refractivity contribution in [2.45, 2.75) is 18.9 Å². The molecular weight excluding hydrogens is 247 g/mol. The molecule has 0 aliphatic heterocycles. The summed E-state index contributed by atoms with van der Waals surface area (Å²) in [5, 5.41) is 8.48. The van der Waals surface area contributed by atoms with Gasteiger partial charge in [0.1, 0.15) is 0 Å². The van der Waals surface area contributed by atoms with Crippen molar-refractivity contribution < 1.29 is 74.2 Å². The largest absolute Gasteiger partial charge is 1.00 e. The molecule has 0 saturated heterocycles. The quantitative estimate of drug-likeness (QED) is 0.284. The molecule has 0 aromatic rings. The molecular formula is C8H15KO5S. The molecule has 0 aliphatic carbocycles. The van der Waals surface area contributed by atoms with Crippen LogP contribution < -0.4 is 51.4 Å². The van der Waals surface area contributed by atoms with Crippen molar-refractivity contribution in [3.63, 3.8) is 0 Å². The van der Waals surface area contributed by atoms with Gasteiger partial charge in [0, 0.05) is 5.75 Å². The minimum Gasteiger partial charge on any atom is -0.748 e. The van der Waals surface area contributed by atoms with Crippen LogP contribution in [0.25, 0.3) is 0 Å². The summed E-state index contributed by atoms with van der Waals surface area (Å²) >= 11 is 0. The molecule has 0 saturated carbocycles. The van der Waals surface area contributed by atoms with E-state index in [1.54, 1.807) is 6.08 Å². The van der Waals surface area contributed by atoms with Crippen LogP contribution in [-0.2, 0) is 14.9 Å². The minimum absolute atomic E-state index is 0. The zero-order valence-electron chi connectivity index (χ0n) is 8.89. The third-order valence-electron chi connectivity index (χ3n) is 1.56. The second kappa shape index (κ2) is 10.4. The van der Waals surface area contributed by atoms with Crippen LogP contribution in [0.2, 0.25) is 0 Å². The molecule has 0 spiro atoms. The van der Waals surface area contributed by atoms with Crippen molar-refractivity contribution in [1.82, 2.24) is 0 Å². The van der Waals surface area contributed by atoms with Gasteiger partial charge in [0.05, 0.1) is 29.4 Å². The molecule has 0 heterocycles. The topological polar surface area (TPSA) is 86.7 Å². The van der Waals surface area contributed by atoms with Gasteiger partial charge in [0.2, 0.25) is 0 Å². The molecule has 0 radical (unpaired) electrons. The van der Waals surface area contributed by atoms with Gasteiger partial charge in [-0.05, 0) is 12.8 Å². The molecule has 1 atom stereocenters. The average molecular weight is 262 g/mol. The van der Waals surface area contributed by atoms with Gasteiger partial charge in [0.15, 0.2) is 0 Å². The molecule has 0 amide bonds. The third-order valence-corrected chi connectivity index (χ3v) is 2.30. The molecule has 7 heteroatoms. The maximum atomic E-state index is 10.3. The van der Waals surface area contributed by atoms with E-state index in [2.05, 4.69) is 6.58 Å². The van der Waals surface area contributed by atoms with Crippen LogP contribution in [-0.4, -0.2) is 43.1 Å². The molecule has 0 aliphatic rings. The van der Waals surface area contributed by atoms with E-state index in [1.807, 2.05) is 0 Å². The SMILES string of the molecule is C=CCC(CCS(=O)(=O)[O-])OCCO.[K+]. The Kier molecular flexibility index (Phi) is 12.8. The summed E-state index contributed by atoms with van der Waals surface area (Å²) in [6.07, 6.45) is 1.83. The molecule has 0 aromatic heterocycles. The molecule has 0 bridgehead atoms. The van der Waals surface area contributed by atoms with Crippen LogP contribution in [0.3, 0.4) is 0 Å². The third kappa shape index (κ3) is 13.1. The summed E-state index contributed by atoms with van der Waals surface area (Å²) in [7, 11) is -4.19. The predicted molar refractivity (Wildman–Crippen MR) is 50.8 cm³/mol. The summed E-state index contributed by atoms with van der Waals surface area (Å²) in [5.74, 6) is -0.447. The Morgan fingerprint density at radius 1 is 1.53 bits per heavy atom. The van der Waals surface area contributed by atoms with E-state index in [0.717, 1.165) is 0 Å². The Hall–Kier alpha value is 1.21. The van der Waals surface area contributed by atoms with Crippen molar-refractivity contribution in [2.75, 3.05) is 19.0 Å². The van der Waals surface area contributed by atoms with Gasteiger partial charge < -0.3 is 14.4 Å². The number of rotatable bonds is 8. The van der Waals surface area contributed by atoms with Gasteiger partial charge in [-0.25, -0.2) is 8.42 Å². The summed E-state index contributed by atoms with van der Waals surface area (Å²) in [4.78, 5) is 0. The standard InChI is InChI=1S/C8H16O5S.K/c1-2-3-8(13-6-5-9)4-7-14(10,11)12;/h2,8-9H,1,3-7H2,(H,10,11,12);/q;+1/p-1. The molecule has 5 nitrogen and oxygen atoms in total. The van der Waals surface area contributed by atoms with E-state index in [-0.39, 0.29) is 77.1 Å². The Labute approximate surface area is 133 Å². The molecule has 84 valence electrons. The van der Waals surface area contributed by atoms with Gasteiger partial charge in [0.25, 0.3) is 0 Å². The Morgan fingerprint density at radius 3 is 2.53 bits per heavy atom. The van der Waals surface area contributed by atoms with E-state index in [0.29, 0.717) is 6.42 Å². The van der Waals surface area contributed by atoms with Crippen LogP contribution in [0.1, 0.15) is 12.8 Å². The fourth-order valence-electron chi connectivity index (χ4n) is 0.950. The van der Waals surface area contributed by atoms with Gasteiger partial charge in [-0.1, -0.05) is 6.08 Å². The van der Waals surface area contributed by atoms with E-state index in [4.69, 9.17) is 9.84 Å². The second-order valence-electron chi connectivity index (χ2n) is 2.79. The van der Waals surface area contributed by atoms with Gasteiger partial charge in [-0.3, -0.25) is 0 Å². The van der Waals surface area contributed by atoms with Crippen LogP contribution in [0.15, 0.2) is 12.7 Å². The monoisotopic (exact) mass is 262 g/mol. The predicted octanol–water partition coefficient (Wildman–Crippen LogP) is -3.12. The Balaban J connectivity index is 0. The Morgan fingerprint density at radius 2 is 2.13 bits per heavy atom. The van der Waals surface area contributed by atoms with Gasteiger partial charge in [-0.2, -0.15) is 0 Å². The van der Waals surface area contributed by atoms with Gasteiger partial charge in [-0.15, -0.1) is 6.58 Å².